The van der Waals surface area contributed by atoms with Gasteiger partial charge in [0.05, 0.1) is 0 Å². The van der Waals surface area contributed by atoms with Crippen molar-refractivity contribution in [2.24, 2.45) is 0 Å². The molecule has 2 rings (SSSR count). The van der Waals surface area contributed by atoms with Gasteiger partial charge in [-0.15, -0.1) is 0 Å². The van der Waals surface area contributed by atoms with E-state index in [1.807, 2.05) is 32.9 Å². The second-order valence-electron chi connectivity index (χ2n) is 6.22. The molecule has 0 saturated heterocycles. The smallest absolute Gasteiger partial charge is 0.410 e. The Morgan fingerprint density at radius 1 is 1.45 bits per heavy atom. The van der Waals surface area contributed by atoms with Crippen LogP contribution in [0.2, 0.25) is 5.02 Å². The molecule has 0 aromatic heterocycles. The van der Waals surface area contributed by atoms with Crippen molar-refractivity contribution < 1.29 is 9.53 Å². The fourth-order valence-corrected chi connectivity index (χ4v) is 3.54. The first kappa shape index (κ1) is 15.6. The molecular formula is C15H19BrClNO2. The van der Waals surface area contributed by atoms with Crippen LogP contribution in [0.5, 0.6) is 0 Å². The van der Waals surface area contributed by atoms with Crippen molar-refractivity contribution in [1.29, 1.82) is 0 Å². The third kappa shape index (κ3) is 3.47. The molecule has 0 saturated carbocycles. The summed E-state index contributed by atoms with van der Waals surface area (Å²) in [5.74, 6) is 0.201. The molecule has 1 heterocycles. The Morgan fingerprint density at radius 2 is 2.10 bits per heavy atom. The lowest BCUT2D eigenvalue weighted by Crippen LogP contribution is -2.41. The molecule has 0 N–H and O–H groups in total. The minimum absolute atomic E-state index is 0.201. The Hall–Kier alpha value is -0.740. The fourth-order valence-electron chi connectivity index (χ4n) is 2.48. The van der Waals surface area contributed by atoms with Crippen molar-refractivity contribution in [2.75, 3.05) is 6.54 Å². The van der Waals surface area contributed by atoms with E-state index in [0.29, 0.717) is 13.1 Å². The second kappa shape index (κ2) is 5.57. The molecule has 0 aliphatic carbocycles. The maximum atomic E-state index is 12.2. The zero-order chi connectivity index (χ0) is 15.1. The first-order valence-corrected chi connectivity index (χ1v) is 7.80. The van der Waals surface area contributed by atoms with Crippen molar-refractivity contribution in [3.8, 4) is 0 Å². The lowest BCUT2D eigenvalue weighted by atomic mass is 9.91. The standard InChI is InChI=1S/C15H19BrClNO2/c1-9-7-18(14(19)20-15(2,3)4)8-10-5-11(16)6-12(17)13(9)10/h5-6,9H,7-8H2,1-4H3. The molecule has 1 aromatic carbocycles. The average molecular weight is 361 g/mol. The molecule has 3 nitrogen and oxygen atoms in total. The largest absolute Gasteiger partial charge is 0.444 e. The van der Waals surface area contributed by atoms with Gasteiger partial charge in [0.15, 0.2) is 0 Å². The lowest BCUT2D eigenvalue weighted by molar-refractivity contribution is 0.0209. The van der Waals surface area contributed by atoms with Crippen molar-refractivity contribution >= 4 is 33.6 Å². The first-order valence-electron chi connectivity index (χ1n) is 6.63. The van der Waals surface area contributed by atoms with Gasteiger partial charge in [-0.1, -0.05) is 34.5 Å². The molecular weight excluding hydrogens is 342 g/mol. The molecule has 1 atom stereocenters. The van der Waals surface area contributed by atoms with E-state index in [9.17, 15) is 4.79 Å². The zero-order valence-electron chi connectivity index (χ0n) is 12.2. The van der Waals surface area contributed by atoms with Crippen LogP contribution in [0.1, 0.15) is 44.7 Å². The summed E-state index contributed by atoms with van der Waals surface area (Å²) in [6, 6.07) is 3.92. The maximum absolute atomic E-state index is 12.2. The molecule has 1 amide bonds. The number of hydrogen-bond acceptors (Lipinski definition) is 2. The van der Waals surface area contributed by atoms with Crippen molar-refractivity contribution in [3.63, 3.8) is 0 Å². The van der Waals surface area contributed by atoms with Crippen LogP contribution in [-0.4, -0.2) is 23.1 Å². The summed E-state index contributed by atoms with van der Waals surface area (Å²) in [5, 5.41) is 0.755. The van der Waals surface area contributed by atoms with E-state index >= 15 is 0 Å². The average Bonchev–Trinajstić information content (AvgIpc) is 2.24. The predicted octanol–water partition coefficient (Wildman–Crippen LogP) is 4.96. The van der Waals surface area contributed by atoms with Crippen LogP contribution in [0.3, 0.4) is 0 Å². The van der Waals surface area contributed by atoms with E-state index in [2.05, 4.69) is 22.9 Å². The number of rotatable bonds is 0. The number of carbonyl (C=O) groups excluding carboxylic acids is 1. The first-order chi connectivity index (χ1) is 9.17. The third-order valence-electron chi connectivity index (χ3n) is 3.18. The van der Waals surface area contributed by atoms with Gasteiger partial charge in [0, 0.05) is 28.5 Å². The highest BCUT2D eigenvalue weighted by Gasteiger charge is 2.30. The van der Waals surface area contributed by atoms with Gasteiger partial charge in [0.2, 0.25) is 0 Å². The van der Waals surface area contributed by atoms with Gasteiger partial charge >= 0.3 is 6.09 Å². The van der Waals surface area contributed by atoms with Crippen LogP contribution in [0.4, 0.5) is 4.79 Å². The van der Waals surface area contributed by atoms with Crippen molar-refractivity contribution in [2.45, 2.75) is 45.8 Å². The Labute approximate surface area is 133 Å². The minimum Gasteiger partial charge on any atom is -0.444 e. The number of fused-ring (bicyclic) bond motifs is 1. The molecule has 0 fully saturated rings. The number of halogens is 2. The monoisotopic (exact) mass is 359 g/mol. The van der Waals surface area contributed by atoms with E-state index in [-0.39, 0.29) is 12.0 Å². The number of hydrogen-bond donors (Lipinski definition) is 0. The molecule has 0 bridgehead atoms. The molecule has 1 unspecified atom stereocenters. The Balaban J connectivity index is 2.25. The minimum atomic E-state index is -0.477. The molecule has 1 aliphatic rings. The predicted molar refractivity (Wildman–Crippen MR) is 84.2 cm³/mol. The summed E-state index contributed by atoms with van der Waals surface area (Å²) in [6.07, 6.45) is -0.272. The quantitative estimate of drug-likeness (QED) is 0.654. The Morgan fingerprint density at radius 3 is 2.70 bits per heavy atom. The lowest BCUT2D eigenvalue weighted by Gasteiger charge is -2.35. The summed E-state index contributed by atoms with van der Waals surface area (Å²) < 4.78 is 6.37. The van der Waals surface area contributed by atoms with Crippen LogP contribution < -0.4 is 0 Å². The van der Waals surface area contributed by atoms with Gasteiger partial charge in [-0.25, -0.2) is 4.79 Å². The van der Waals surface area contributed by atoms with Gasteiger partial charge in [0.25, 0.3) is 0 Å². The van der Waals surface area contributed by atoms with E-state index in [1.165, 1.54) is 0 Å². The van der Waals surface area contributed by atoms with Crippen LogP contribution in [0.15, 0.2) is 16.6 Å². The zero-order valence-corrected chi connectivity index (χ0v) is 14.5. The summed E-state index contributed by atoms with van der Waals surface area (Å²) >= 11 is 9.76. The molecule has 110 valence electrons. The fraction of sp³-hybridized carbons (Fsp3) is 0.533. The summed E-state index contributed by atoms with van der Waals surface area (Å²) in [7, 11) is 0. The normalized spacial score (nSPS) is 18.7. The third-order valence-corrected chi connectivity index (χ3v) is 3.95. The number of carbonyl (C=O) groups is 1. The number of amides is 1. The van der Waals surface area contributed by atoms with Crippen molar-refractivity contribution in [3.05, 3.63) is 32.8 Å². The topological polar surface area (TPSA) is 29.5 Å². The molecule has 5 heteroatoms. The highest BCUT2D eigenvalue weighted by molar-refractivity contribution is 9.10. The van der Waals surface area contributed by atoms with Crippen LogP contribution in [-0.2, 0) is 11.3 Å². The Kier molecular flexibility index (Phi) is 4.35. The van der Waals surface area contributed by atoms with Crippen LogP contribution >= 0.6 is 27.5 Å². The molecule has 0 spiro atoms. The number of benzene rings is 1. The number of ether oxygens (including phenoxy) is 1. The molecule has 0 radical (unpaired) electrons. The summed E-state index contributed by atoms with van der Waals surface area (Å²) in [6.45, 7) is 8.87. The van der Waals surface area contributed by atoms with Gasteiger partial charge in [-0.05, 0) is 44.0 Å². The van der Waals surface area contributed by atoms with E-state index in [1.54, 1.807) is 4.90 Å². The van der Waals surface area contributed by atoms with Crippen molar-refractivity contribution in [1.82, 2.24) is 4.90 Å². The SMILES string of the molecule is CC1CN(C(=O)OC(C)(C)C)Cc2cc(Br)cc(Cl)c21. The van der Waals surface area contributed by atoms with Gasteiger partial charge in [0.1, 0.15) is 5.60 Å². The molecule has 20 heavy (non-hydrogen) atoms. The van der Waals surface area contributed by atoms with E-state index < -0.39 is 5.60 Å². The highest BCUT2D eigenvalue weighted by atomic mass is 79.9. The summed E-state index contributed by atoms with van der Waals surface area (Å²) in [5.41, 5.74) is 1.74. The van der Waals surface area contributed by atoms with E-state index in [0.717, 1.165) is 20.6 Å². The maximum Gasteiger partial charge on any atom is 0.410 e. The summed E-state index contributed by atoms with van der Waals surface area (Å²) in [4.78, 5) is 13.9. The second-order valence-corrected chi connectivity index (χ2v) is 7.55. The molecule has 1 aromatic rings. The van der Waals surface area contributed by atoms with E-state index in [4.69, 9.17) is 16.3 Å². The van der Waals surface area contributed by atoms with Crippen LogP contribution in [0, 0.1) is 0 Å². The van der Waals surface area contributed by atoms with Crippen LogP contribution in [0.25, 0.3) is 0 Å². The number of nitrogens with zero attached hydrogens (tertiary/aromatic N) is 1. The highest BCUT2D eigenvalue weighted by Crippen LogP contribution is 2.36. The molecule has 1 aliphatic heterocycles. The Bertz CT molecular complexity index is 539. The van der Waals surface area contributed by atoms with Gasteiger partial charge in [-0.2, -0.15) is 0 Å². The van der Waals surface area contributed by atoms with Gasteiger partial charge in [-0.3, -0.25) is 0 Å². The van der Waals surface area contributed by atoms with Gasteiger partial charge < -0.3 is 9.64 Å².